The molecule has 27 heavy (non-hydrogen) atoms. The van der Waals surface area contributed by atoms with Gasteiger partial charge in [-0.25, -0.2) is 0 Å². The molecular formula is C27H32. The van der Waals surface area contributed by atoms with Crippen molar-refractivity contribution in [3.05, 3.63) is 82.9 Å². The predicted octanol–water partition coefficient (Wildman–Crippen LogP) is 7.83. The average molecular weight is 357 g/mol. The molecule has 0 saturated heterocycles. The van der Waals surface area contributed by atoms with Crippen LogP contribution in [0.25, 0.3) is 11.1 Å². The number of hydrogen-bond acceptors (Lipinski definition) is 0. The monoisotopic (exact) mass is 356 g/mol. The Morgan fingerprint density at radius 3 is 1.33 bits per heavy atom. The molecule has 140 valence electrons. The summed E-state index contributed by atoms with van der Waals surface area (Å²) in [5, 5.41) is 0. The van der Waals surface area contributed by atoms with Gasteiger partial charge in [-0.1, -0.05) is 102 Å². The van der Waals surface area contributed by atoms with E-state index in [1.165, 1.54) is 33.4 Å². The van der Waals surface area contributed by atoms with Crippen LogP contribution in [0.15, 0.2) is 60.7 Å². The highest BCUT2D eigenvalue weighted by Gasteiger charge is 2.35. The number of rotatable bonds is 2. The molecule has 2 atom stereocenters. The molecule has 0 radical (unpaired) electrons. The predicted molar refractivity (Wildman–Crippen MR) is 118 cm³/mol. The van der Waals surface area contributed by atoms with E-state index in [9.17, 15) is 0 Å². The van der Waals surface area contributed by atoms with Gasteiger partial charge in [-0.05, 0) is 50.7 Å². The molecule has 0 fully saturated rings. The minimum Gasteiger partial charge on any atom is -0.0723 e. The van der Waals surface area contributed by atoms with E-state index in [0.717, 1.165) is 6.42 Å². The van der Waals surface area contributed by atoms with Crippen LogP contribution in [-0.4, -0.2) is 0 Å². The summed E-state index contributed by atoms with van der Waals surface area (Å²) in [5.74, 6) is 0.999. The second kappa shape index (κ2) is 6.23. The second-order valence-electron chi connectivity index (χ2n) is 10.4. The third-order valence-electron chi connectivity index (χ3n) is 6.27. The van der Waals surface area contributed by atoms with E-state index < -0.39 is 0 Å². The zero-order valence-electron chi connectivity index (χ0n) is 17.6. The Bertz CT molecular complexity index is 847. The third kappa shape index (κ3) is 3.20. The van der Waals surface area contributed by atoms with Crippen molar-refractivity contribution in [2.24, 2.45) is 10.8 Å². The zero-order valence-corrected chi connectivity index (χ0v) is 17.6. The zero-order chi connectivity index (χ0) is 19.4. The van der Waals surface area contributed by atoms with Crippen LogP contribution in [0.4, 0.5) is 0 Å². The molecule has 0 saturated carbocycles. The molecule has 0 bridgehead atoms. The van der Waals surface area contributed by atoms with E-state index in [-0.39, 0.29) is 10.8 Å². The molecular weight excluding hydrogens is 324 g/mol. The highest BCUT2D eigenvalue weighted by Crippen LogP contribution is 2.51. The number of benzene rings is 2. The number of hydrogen-bond donors (Lipinski definition) is 0. The minimum atomic E-state index is 0.244. The van der Waals surface area contributed by atoms with Crippen LogP contribution in [0, 0.1) is 10.8 Å². The van der Waals surface area contributed by atoms with Crippen molar-refractivity contribution in [1.82, 2.24) is 0 Å². The topological polar surface area (TPSA) is 0 Å². The van der Waals surface area contributed by atoms with E-state index in [4.69, 9.17) is 0 Å². The fraction of sp³-hybridized carbons (Fsp3) is 0.407. The van der Waals surface area contributed by atoms with Gasteiger partial charge in [0.15, 0.2) is 0 Å². The van der Waals surface area contributed by atoms with Gasteiger partial charge >= 0.3 is 0 Å². The van der Waals surface area contributed by atoms with Crippen LogP contribution in [0.3, 0.4) is 0 Å². The first-order valence-electron chi connectivity index (χ1n) is 10.3. The molecule has 0 spiro atoms. The quantitative estimate of drug-likeness (QED) is 0.514. The van der Waals surface area contributed by atoms with Crippen molar-refractivity contribution in [2.75, 3.05) is 0 Å². The molecule has 2 aromatic carbocycles. The molecule has 0 heterocycles. The van der Waals surface area contributed by atoms with E-state index >= 15 is 0 Å². The van der Waals surface area contributed by atoms with Gasteiger partial charge in [0, 0.05) is 11.8 Å². The van der Waals surface area contributed by atoms with E-state index in [2.05, 4.69) is 102 Å². The fourth-order valence-corrected chi connectivity index (χ4v) is 4.83. The molecule has 2 unspecified atom stereocenters. The molecule has 0 heteroatoms. The summed E-state index contributed by atoms with van der Waals surface area (Å²) in [5.41, 5.74) is 9.40. The highest BCUT2D eigenvalue weighted by atomic mass is 14.4. The van der Waals surface area contributed by atoms with Crippen molar-refractivity contribution in [3.8, 4) is 0 Å². The molecule has 2 aromatic rings. The lowest BCUT2D eigenvalue weighted by atomic mass is 9.78. The lowest BCUT2D eigenvalue weighted by Crippen LogP contribution is -2.14. The van der Waals surface area contributed by atoms with Crippen molar-refractivity contribution >= 4 is 11.1 Å². The standard InChI is InChI=1S/C27H32/c1-26(2,3)24-16-18(20-11-7-9-13-22(20)24)15-19-17-25(27(4,5)6)23-14-10-8-12-21(19)23/h7-14,16-17,24-25H,15H2,1-6H3. The van der Waals surface area contributed by atoms with E-state index in [1.807, 2.05) is 0 Å². The number of fused-ring (bicyclic) bond motifs is 2. The number of allylic oxidation sites excluding steroid dienone is 4. The van der Waals surface area contributed by atoms with Gasteiger partial charge in [-0.2, -0.15) is 0 Å². The van der Waals surface area contributed by atoms with Crippen LogP contribution in [-0.2, 0) is 0 Å². The Morgan fingerprint density at radius 1 is 0.593 bits per heavy atom. The van der Waals surface area contributed by atoms with E-state index in [1.54, 1.807) is 0 Å². The lowest BCUT2D eigenvalue weighted by molar-refractivity contribution is 0.369. The van der Waals surface area contributed by atoms with Gasteiger partial charge in [-0.15, -0.1) is 0 Å². The van der Waals surface area contributed by atoms with Gasteiger partial charge < -0.3 is 0 Å². The fourth-order valence-electron chi connectivity index (χ4n) is 4.83. The van der Waals surface area contributed by atoms with Gasteiger partial charge in [0.1, 0.15) is 0 Å². The second-order valence-corrected chi connectivity index (χ2v) is 10.4. The maximum atomic E-state index is 2.54. The summed E-state index contributed by atoms with van der Waals surface area (Å²) in [6, 6.07) is 18.0. The summed E-state index contributed by atoms with van der Waals surface area (Å²) in [7, 11) is 0. The van der Waals surface area contributed by atoms with Crippen molar-refractivity contribution in [3.63, 3.8) is 0 Å². The van der Waals surface area contributed by atoms with Crippen LogP contribution < -0.4 is 0 Å². The molecule has 0 aromatic heterocycles. The van der Waals surface area contributed by atoms with Crippen LogP contribution in [0.5, 0.6) is 0 Å². The molecule has 0 N–H and O–H groups in total. The molecule has 2 aliphatic carbocycles. The first-order chi connectivity index (χ1) is 12.7. The summed E-state index contributed by atoms with van der Waals surface area (Å²) in [6.45, 7) is 14.1. The maximum Gasteiger partial charge on any atom is 0.00787 e. The molecule has 0 amide bonds. The normalized spacial score (nSPS) is 21.6. The van der Waals surface area contributed by atoms with Crippen molar-refractivity contribution in [2.45, 2.75) is 59.8 Å². The van der Waals surface area contributed by atoms with Gasteiger partial charge in [0.2, 0.25) is 0 Å². The van der Waals surface area contributed by atoms with Crippen LogP contribution in [0.2, 0.25) is 0 Å². The lowest BCUT2D eigenvalue weighted by Gasteiger charge is -2.26. The Labute approximate surface area is 165 Å². The van der Waals surface area contributed by atoms with E-state index in [0.29, 0.717) is 11.8 Å². The summed E-state index contributed by atoms with van der Waals surface area (Å²) >= 11 is 0. The largest absolute Gasteiger partial charge is 0.0723 e. The Balaban J connectivity index is 1.74. The molecule has 2 aliphatic rings. The smallest absolute Gasteiger partial charge is 0.00787 e. The SMILES string of the molecule is CC(C)(C)C1C=C(CC2=CC(C(C)(C)C)c3ccccc32)c2ccccc21. The van der Waals surface area contributed by atoms with Crippen LogP contribution in [0.1, 0.15) is 82.1 Å². The van der Waals surface area contributed by atoms with Gasteiger partial charge in [-0.3, -0.25) is 0 Å². The minimum absolute atomic E-state index is 0.244. The Morgan fingerprint density at radius 2 is 0.963 bits per heavy atom. The Kier molecular flexibility index (Phi) is 4.22. The summed E-state index contributed by atoms with van der Waals surface area (Å²) < 4.78 is 0. The van der Waals surface area contributed by atoms with Crippen LogP contribution >= 0.6 is 0 Å². The molecule has 0 nitrogen and oxygen atoms in total. The third-order valence-corrected chi connectivity index (χ3v) is 6.27. The Hall–Kier alpha value is -2.08. The highest BCUT2D eigenvalue weighted by molar-refractivity contribution is 5.87. The van der Waals surface area contributed by atoms with Crippen molar-refractivity contribution < 1.29 is 0 Å². The summed E-state index contributed by atoms with van der Waals surface area (Å²) in [4.78, 5) is 0. The first-order valence-corrected chi connectivity index (χ1v) is 10.3. The maximum absolute atomic E-state index is 2.54. The van der Waals surface area contributed by atoms with Gasteiger partial charge in [0.25, 0.3) is 0 Å². The average Bonchev–Trinajstić information content (AvgIpc) is 3.15. The van der Waals surface area contributed by atoms with Crippen molar-refractivity contribution in [1.29, 1.82) is 0 Å². The first kappa shape index (κ1) is 18.3. The molecule has 4 rings (SSSR count). The van der Waals surface area contributed by atoms with Gasteiger partial charge in [0.05, 0.1) is 0 Å². The molecule has 0 aliphatic heterocycles. The summed E-state index contributed by atoms with van der Waals surface area (Å²) in [6.07, 6.45) is 6.12.